The second-order valence-corrected chi connectivity index (χ2v) is 3.63. The van der Waals surface area contributed by atoms with Crippen LogP contribution in [0.1, 0.15) is 13.3 Å². The van der Waals surface area contributed by atoms with Gasteiger partial charge in [-0.15, -0.1) is 0 Å². The number of aromatic nitrogens is 2. The molecule has 0 bridgehead atoms. The molecule has 6 heteroatoms. The number of aromatic amines is 1. The lowest BCUT2D eigenvalue weighted by molar-refractivity contribution is 0.404. The van der Waals surface area contributed by atoms with Crippen molar-refractivity contribution in [2.45, 2.75) is 19.4 Å². The topological polar surface area (TPSA) is 84.2 Å². The smallest absolute Gasteiger partial charge is 0.295 e. The van der Waals surface area contributed by atoms with Crippen molar-refractivity contribution in [1.29, 1.82) is 0 Å². The summed E-state index contributed by atoms with van der Waals surface area (Å²) in [5.41, 5.74) is 5.22. The molecule has 1 rings (SSSR count). The van der Waals surface area contributed by atoms with Crippen LogP contribution in [0.3, 0.4) is 0 Å². The summed E-state index contributed by atoms with van der Waals surface area (Å²) in [5.74, 6) is 0.765. The first kappa shape index (κ1) is 12.5. The second kappa shape index (κ2) is 5.50. The minimum absolute atomic E-state index is 0.202. The van der Waals surface area contributed by atoms with E-state index in [1.807, 2.05) is 18.9 Å². The number of hydrogen-bond acceptors (Lipinski definition) is 5. The third kappa shape index (κ3) is 2.52. The summed E-state index contributed by atoms with van der Waals surface area (Å²) >= 11 is 0. The van der Waals surface area contributed by atoms with Gasteiger partial charge in [0.25, 0.3) is 5.56 Å². The van der Waals surface area contributed by atoms with Gasteiger partial charge in [0.05, 0.1) is 13.4 Å². The fraction of sp³-hybridized carbons (Fsp3) is 0.600. The Morgan fingerprint density at radius 3 is 2.94 bits per heavy atom. The lowest BCUT2D eigenvalue weighted by Gasteiger charge is -2.26. The molecule has 3 N–H and O–H groups in total. The SMILES string of the molecule is COc1c(N(C)C(C)CCN)nc[nH]c1=O. The Labute approximate surface area is 94.4 Å². The molecule has 1 atom stereocenters. The summed E-state index contributed by atoms with van der Waals surface area (Å²) in [5, 5.41) is 0. The predicted molar refractivity (Wildman–Crippen MR) is 62.9 cm³/mol. The molecule has 0 saturated heterocycles. The monoisotopic (exact) mass is 226 g/mol. The van der Waals surface area contributed by atoms with Gasteiger partial charge in [-0.3, -0.25) is 4.79 Å². The highest BCUT2D eigenvalue weighted by Crippen LogP contribution is 2.21. The second-order valence-electron chi connectivity index (χ2n) is 3.63. The van der Waals surface area contributed by atoms with Crippen LogP contribution in [-0.2, 0) is 0 Å². The van der Waals surface area contributed by atoms with E-state index in [1.165, 1.54) is 13.4 Å². The van der Waals surface area contributed by atoms with Gasteiger partial charge in [0.15, 0.2) is 5.82 Å². The zero-order valence-corrected chi connectivity index (χ0v) is 9.86. The Hall–Kier alpha value is -1.56. The Morgan fingerprint density at radius 1 is 1.69 bits per heavy atom. The summed E-state index contributed by atoms with van der Waals surface area (Å²) in [6, 6.07) is 0.202. The van der Waals surface area contributed by atoms with E-state index in [4.69, 9.17) is 10.5 Å². The Balaban J connectivity index is 3.03. The standard InChI is InChI=1S/C10H18N4O2/c1-7(4-5-11)14(2)9-8(16-3)10(15)13-6-12-9/h6-7H,4-5,11H2,1-3H3,(H,12,13,15). The molecule has 6 nitrogen and oxygen atoms in total. The molecule has 1 aromatic rings. The van der Waals surface area contributed by atoms with Crippen LogP contribution in [0.5, 0.6) is 5.75 Å². The average Bonchev–Trinajstić information content (AvgIpc) is 2.28. The van der Waals surface area contributed by atoms with E-state index in [0.29, 0.717) is 12.4 Å². The number of ether oxygens (including phenoxy) is 1. The molecule has 0 aliphatic heterocycles. The van der Waals surface area contributed by atoms with Crippen molar-refractivity contribution in [2.24, 2.45) is 5.73 Å². The zero-order valence-electron chi connectivity index (χ0n) is 9.86. The molecular formula is C10H18N4O2. The number of H-pyrrole nitrogens is 1. The first-order chi connectivity index (χ1) is 7.61. The molecule has 0 aliphatic rings. The molecular weight excluding hydrogens is 208 g/mol. The van der Waals surface area contributed by atoms with Crippen molar-refractivity contribution in [3.8, 4) is 5.75 Å². The van der Waals surface area contributed by atoms with Gasteiger partial charge in [0, 0.05) is 13.1 Å². The molecule has 1 unspecified atom stereocenters. The first-order valence-electron chi connectivity index (χ1n) is 5.16. The minimum atomic E-state index is -0.278. The van der Waals surface area contributed by atoms with Crippen molar-refractivity contribution in [2.75, 3.05) is 25.6 Å². The number of nitrogens with one attached hydrogen (secondary N) is 1. The van der Waals surface area contributed by atoms with E-state index in [9.17, 15) is 4.79 Å². The van der Waals surface area contributed by atoms with Crippen molar-refractivity contribution in [1.82, 2.24) is 9.97 Å². The van der Waals surface area contributed by atoms with Crippen molar-refractivity contribution in [3.05, 3.63) is 16.7 Å². The molecule has 1 aromatic heterocycles. The Kier molecular flexibility index (Phi) is 4.30. The lowest BCUT2D eigenvalue weighted by atomic mass is 10.2. The summed E-state index contributed by atoms with van der Waals surface area (Å²) in [6.45, 7) is 2.62. The summed E-state index contributed by atoms with van der Waals surface area (Å²) in [6.07, 6.45) is 2.19. The summed E-state index contributed by atoms with van der Waals surface area (Å²) < 4.78 is 5.05. The molecule has 0 fully saturated rings. The molecule has 0 amide bonds. The number of nitrogens with zero attached hydrogens (tertiary/aromatic N) is 2. The molecule has 0 spiro atoms. The van der Waals surface area contributed by atoms with Gasteiger partial charge < -0.3 is 20.4 Å². The van der Waals surface area contributed by atoms with Crippen LogP contribution >= 0.6 is 0 Å². The van der Waals surface area contributed by atoms with Crippen molar-refractivity contribution in [3.63, 3.8) is 0 Å². The molecule has 0 aliphatic carbocycles. The van der Waals surface area contributed by atoms with E-state index in [2.05, 4.69) is 9.97 Å². The molecule has 90 valence electrons. The van der Waals surface area contributed by atoms with Gasteiger partial charge in [-0.25, -0.2) is 4.98 Å². The van der Waals surface area contributed by atoms with Crippen LogP contribution in [-0.4, -0.2) is 36.7 Å². The predicted octanol–water partition coefficient (Wildman–Crippen LogP) is -0.0480. The van der Waals surface area contributed by atoms with Gasteiger partial charge >= 0.3 is 0 Å². The van der Waals surface area contributed by atoms with Gasteiger partial charge in [0.1, 0.15) is 0 Å². The van der Waals surface area contributed by atoms with E-state index in [0.717, 1.165) is 6.42 Å². The fourth-order valence-electron chi connectivity index (χ4n) is 1.46. The Bertz CT molecular complexity index is 391. The number of rotatable bonds is 5. The van der Waals surface area contributed by atoms with E-state index in [1.54, 1.807) is 0 Å². The van der Waals surface area contributed by atoms with Gasteiger partial charge in [-0.2, -0.15) is 0 Å². The normalized spacial score (nSPS) is 12.2. The van der Waals surface area contributed by atoms with Crippen molar-refractivity contribution >= 4 is 5.82 Å². The molecule has 1 heterocycles. The third-order valence-corrected chi connectivity index (χ3v) is 2.58. The first-order valence-corrected chi connectivity index (χ1v) is 5.16. The van der Waals surface area contributed by atoms with Gasteiger partial charge in [0.2, 0.25) is 5.75 Å². The highest BCUT2D eigenvalue weighted by atomic mass is 16.5. The lowest BCUT2D eigenvalue weighted by Crippen LogP contribution is -2.33. The van der Waals surface area contributed by atoms with Gasteiger partial charge in [-0.05, 0) is 19.9 Å². The van der Waals surface area contributed by atoms with Crippen molar-refractivity contribution < 1.29 is 4.74 Å². The van der Waals surface area contributed by atoms with Crippen LogP contribution in [0.15, 0.2) is 11.1 Å². The summed E-state index contributed by atoms with van der Waals surface area (Å²) in [7, 11) is 3.32. The summed E-state index contributed by atoms with van der Waals surface area (Å²) in [4.78, 5) is 20.0. The number of nitrogens with two attached hydrogens (primary N) is 1. The maximum atomic E-state index is 11.5. The number of hydrogen-bond donors (Lipinski definition) is 2. The van der Waals surface area contributed by atoms with Crippen LogP contribution < -0.4 is 20.9 Å². The fourth-order valence-corrected chi connectivity index (χ4v) is 1.46. The van der Waals surface area contributed by atoms with Gasteiger partial charge in [-0.1, -0.05) is 0 Å². The van der Waals surface area contributed by atoms with Crippen LogP contribution in [0.25, 0.3) is 0 Å². The zero-order chi connectivity index (χ0) is 12.1. The van der Waals surface area contributed by atoms with Crippen LogP contribution in [0, 0.1) is 0 Å². The van der Waals surface area contributed by atoms with E-state index < -0.39 is 0 Å². The number of anilines is 1. The van der Waals surface area contributed by atoms with E-state index >= 15 is 0 Å². The molecule has 0 radical (unpaired) electrons. The van der Waals surface area contributed by atoms with Crippen LogP contribution in [0.2, 0.25) is 0 Å². The average molecular weight is 226 g/mol. The number of methoxy groups -OCH3 is 1. The molecule has 16 heavy (non-hydrogen) atoms. The molecule has 0 saturated carbocycles. The highest BCUT2D eigenvalue weighted by molar-refractivity contribution is 5.50. The highest BCUT2D eigenvalue weighted by Gasteiger charge is 2.17. The van der Waals surface area contributed by atoms with Crippen LogP contribution in [0.4, 0.5) is 5.82 Å². The maximum Gasteiger partial charge on any atom is 0.295 e. The van der Waals surface area contributed by atoms with E-state index in [-0.39, 0.29) is 17.4 Å². The Morgan fingerprint density at radius 2 is 2.38 bits per heavy atom. The third-order valence-electron chi connectivity index (χ3n) is 2.58. The maximum absolute atomic E-state index is 11.5. The minimum Gasteiger partial charge on any atom is -0.489 e. The largest absolute Gasteiger partial charge is 0.489 e. The quantitative estimate of drug-likeness (QED) is 0.735. The molecule has 0 aromatic carbocycles.